The minimum atomic E-state index is -4.26. The third-order valence-electron chi connectivity index (χ3n) is 5.06. The first-order valence-electron chi connectivity index (χ1n) is 9.85. The number of aromatic nitrogens is 1. The van der Waals surface area contributed by atoms with Gasteiger partial charge in [0.1, 0.15) is 17.3 Å². The summed E-state index contributed by atoms with van der Waals surface area (Å²) in [5.41, 5.74) is 1.00. The Labute approximate surface area is 194 Å². The summed E-state index contributed by atoms with van der Waals surface area (Å²) in [5, 5.41) is 3.40. The smallest absolute Gasteiger partial charge is 0.244 e. The van der Waals surface area contributed by atoms with Crippen molar-refractivity contribution in [3.05, 3.63) is 99.6 Å². The van der Waals surface area contributed by atoms with Crippen molar-refractivity contribution < 1.29 is 17.6 Å². The van der Waals surface area contributed by atoms with Crippen molar-refractivity contribution in [2.24, 2.45) is 0 Å². The van der Waals surface area contributed by atoms with Crippen LogP contribution in [0.2, 0.25) is 5.02 Å². The fourth-order valence-electron chi connectivity index (χ4n) is 3.44. The van der Waals surface area contributed by atoms with Crippen molar-refractivity contribution in [2.75, 3.05) is 5.32 Å². The highest BCUT2D eigenvalue weighted by atomic mass is 35.5. The molecule has 1 aromatic heterocycles. The average molecular weight is 485 g/mol. The van der Waals surface area contributed by atoms with Crippen LogP contribution >= 0.6 is 11.6 Å². The second-order valence-electron chi connectivity index (χ2n) is 7.48. The Morgan fingerprint density at radius 3 is 2.36 bits per heavy atom. The van der Waals surface area contributed by atoms with Crippen LogP contribution in [0.4, 0.5) is 10.1 Å². The van der Waals surface area contributed by atoms with Gasteiger partial charge in [-0.25, -0.2) is 12.8 Å². The minimum Gasteiger partial charge on any atom is -0.336 e. The van der Waals surface area contributed by atoms with E-state index in [1.54, 1.807) is 49.4 Å². The Morgan fingerprint density at radius 2 is 1.70 bits per heavy atom. The lowest BCUT2D eigenvalue weighted by molar-refractivity contribution is -0.116. The number of pyridine rings is 1. The quantitative estimate of drug-likeness (QED) is 0.420. The molecule has 0 saturated carbocycles. The van der Waals surface area contributed by atoms with E-state index in [-0.39, 0.29) is 16.8 Å². The molecule has 0 saturated heterocycles. The van der Waals surface area contributed by atoms with Gasteiger partial charge < -0.3 is 9.88 Å². The Bertz CT molecular complexity index is 1530. The number of carbonyl (C=O) groups excluding carboxylic acids is 1. The minimum absolute atomic E-state index is 0.164. The first-order chi connectivity index (χ1) is 15.6. The van der Waals surface area contributed by atoms with E-state index in [0.717, 1.165) is 36.0 Å². The maximum atomic E-state index is 13.3. The molecule has 4 aromatic rings. The van der Waals surface area contributed by atoms with Gasteiger partial charge in [0.25, 0.3) is 0 Å². The van der Waals surface area contributed by atoms with Crippen LogP contribution in [0.15, 0.2) is 87.5 Å². The molecule has 0 bridgehead atoms. The number of hydrogen-bond acceptors (Lipinski definition) is 4. The van der Waals surface area contributed by atoms with Crippen molar-refractivity contribution in [1.82, 2.24) is 4.57 Å². The van der Waals surface area contributed by atoms with Crippen molar-refractivity contribution in [3.8, 4) is 0 Å². The van der Waals surface area contributed by atoms with Gasteiger partial charge in [-0.05, 0) is 67.6 Å². The van der Waals surface area contributed by atoms with E-state index in [9.17, 15) is 22.4 Å². The van der Waals surface area contributed by atoms with E-state index in [1.807, 2.05) is 0 Å². The summed E-state index contributed by atoms with van der Waals surface area (Å²) in [6.45, 7) is 1.53. The Morgan fingerprint density at radius 1 is 1.03 bits per heavy atom. The number of sulfone groups is 1. The maximum absolute atomic E-state index is 13.3. The molecule has 0 spiro atoms. The Hall–Kier alpha value is -3.49. The maximum Gasteiger partial charge on any atom is 0.244 e. The third-order valence-corrected chi connectivity index (χ3v) is 7.07. The molecular weight excluding hydrogens is 467 g/mol. The summed E-state index contributed by atoms with van der Waals surface area (Å²) >= 11 is 5.87. The Balaban J connectivity index is 1.81. The monoisotopic (exact) mass is 484 g/mol. The summed E-state index contributed by atoms with van der Waals surface area (Å²) in [6, 6.07) is 15.8. The van der Waals surface area contributed by atoms with Crippen LogP contribution in [0.5, 0.6) is 0 Å². The van der Waals surface area contributed by atoms with Gasteiger partial charge in [-0.3, -0.25) is 9.59 Å². The molecule has 0 unspecified atom stereocenters. The number of anilines is 1. The second kappa shape index (κ2) is 8.80. The number of amides is 1. The van der Waals surface area contributed by atoms with E-state index < -0.39 is 31.9 Å². The van der Waals surface area contributed by atoms with Gasteiger partial charge >= 0.3 is 0 Å². The fourth-order valence-corrected chi connectivity index (χ4v) is 4.93. The predicted octanol–water partition coefficient (Wildman–Crippen LogP) is 4.57. The molecule has 33 heavy (non-hydrogen) atoms. The first-order valence-corrected chi connectivity index (χ1v) is 11.7. The Kier molecular flexibility index (Phi) is 6.05. The van der Waals surface area contributed by atoms with E-state index in [1.165, 1.54) is 4.57 Å². The van der Waals surface area contributed by atoms with Gasteiger partial charge in [-0.1, -0.05) is 23.2 Å². The number of nitrogens with zero attached hydrogens (tertiary/aromatic N) is 1. The predicted molar refractivity (Wildman–Crippen MR) is 125 cm³/mol. The summed E-state index contributed by atoms with van der Waals surface area (Å²) in [7, 11) is -4.26. The summed E-state index contributed by atoms with van der Waals surface area (Å²) < 4.78 is 41.1. The molecule has 1 amide bonds. The van der Waals surface area contributed by atoms with Gasteiger partial charge in [-0.15, -0.1) is 0 Å². The topological polar surface area (TPSA) is 85.2 Å². The van der Waals surface area contributed by atoms with E-state index >= 15 is 0 Å². The molecule has 6 nitrogen and oxygen atoms in total. The zero-order chi connectivity index (χ0) is 23.8. The van der Waals surface area contributed by atoms with Crippen LogP contribution in [0.1, 0.15) is 5.56 Å². The summed E-state index contributed by atoms with van der Waals surface area (Å²) in [5.74, 6) is -1.02. The molecule has 1 N–H and O–H groups in total. The SMILES string of the molecule is Cc1ccc2c(c1)c(=O)c(S(=O)(=O)c1ccc(F)cc1)cn2CC(=O)Nc1ccc(Cl)cc1. The van der Waals surface area contributed by atoms with Crippen molar-refractivity contribution >= 4 is 43.9 Å². The summed E-state index contributed by atoms with van der Waals surface area (Å²) in [4.78, 5) is 25.1. The van der Waals surface area contributed by atoms with Gasteiger partial charge in [0.05, 0.1) is 10.4 Å². The van der Waals surface area contributed by atoms with Crippen LogP contribution in [0, 0.1) is 12.7 Å². The highest BCUT2D eigenvalue weighted by Gasteiger charge is 2.24. The van der Waals surface area contributed by atoms with Crippen LogP contribution in [0.3, 0.4) is 0 Å². The van der Waals surface area contributed by atoms with E-state index in [0.29, 0.717) is 16.2 Å². The number of halogens is 2. The van der Waals surface area contributed by atoms with Gasteiger partial charge in [0.2, 0.25) is 21.2 Å². The lowest BCUT2D eigenvalue weighted by Gasteiger charge is -2.14. The number of rotatable bonds is 5. The molecule has 0 fully saturated rings. The molecule has 3 aromatic carbocycles. The zero-order valence-corrected chi connectivity index (χ0v) is 19.0. The first kappa shape index (κ1) is 22.7. The molecule has 9 heteroatoms. The number of carbonyl (C=O) groups is 1. The van der Waals surface area contributed by atoms with Gasteiger partial charge in [0.15, 0.2) is 0 Å². The van der Waals surface area contributed by atoms with Crippen LogP contribution in [0.25, 0.3) is 10.9 Å². The molecule has 0 atom stereocenters. The third kappa shape index (κ3) is 4.67. The molecule has 0 aliphatic carbocycles. The standard InChI is InChI=1S/C24H18ClFN2O4S/c1-15-2-11-21-20(12-15)24(30)22(33(31,32)19-9-5-17(26)6-10-19)13-28(21)14-23(29)27-18-7-3-16(25)4-8-18/h2-13H,14H2,1H3,(H,27,29). The normalized spacial score (nSPS) is 11.5. The molecule has 0 aliphatic rings. The molecule has 168 valence electrons. The molecule has 0 aliphatic heterocycles. The summed E-state index contributed by atoms with van der Waals surface area (Å²) in [6.07, 6.45) is 1.15. The number of benzene rings is 3. The number of nitrogens with one attached hydrogen (secondary N) is 1. The molecule has 0 radical (unpaired) electrons. The van der Waals surface area contributed by atoms with Crippen LogP contribution < -0.4 is 10.7 Å². The lowest BCUT2D eigenvalue weighted by Crippen LogP contribution is -2.24. The lowest BCUT2D eigenvalue weighted by atomic mass is 10.1. The van der Waals surface area contributed by atoms with Gasteiger partial charge in [0, 0.05) is 22.3 Å². The second-order valence-corrected chi connectivity index (χ2v) is 9.84. The van der Waals surface area contributed by atoms with Gasteiger partial charge in [-0.2, -0.15) is 0 Å². The molecular formula is C24H18ClFN2O4S. The largest absolute Gasteiger partial charge is 0.336 e. The van der Waals surface area contributed by atoms with Crippen molar-refractivity contribution in [3.63, 3.8) is 0 Å². The van der Waals surface area contributed by atoms with E-state index in [4.69, 9.17) is 11.6 Å². The van der Waals surface area contributed by atoms with Crippen LogP contribution in [-0.4, -0.2) is 18.9 Å². The molecule has 1 heterocycles. The fraction of sp³-hybridized carbons (Fsp3) is 0.0833. The number of hydrogen-bond donors (Lipinski definition) is 1. The number of fused-ring (bicyclic) bond motifs is 1. The number of aryl methyl sites for hydroxylation is 1. The van der Waals surface area contributed by atoms with Crippen molar-refractivity contribution in [1.29, 1.82) is 0 Å². The average Bonchev–Trinajstić information content (AvgIpc) is 2.77. The highest BCUT2D eigenvalue weighted by molar-refractivity contribution is 7.91. The molecule has 4 rings (SSSR count). The van der Waals surface area contributed by atoms with E-state index in [2.05, 4.69) is 5.32 Å². The zero-order valence-electron chi connectivity index (χ0n) is 17.4. The highest BCUT2D eigenvalue weighted by Crippen LogP contribution is 2.22. The van der Waals surface area contributed by atoms with Crippen molar-refractivity contribution in [2.45, 2.75) is 23.3 Å². The van der Waals surface area contributed by atoms with Crippen LogP contribution in [-0.2, 0) is 21.2 Å².